The zero-order chi connectivity index (χ0) is 22.7. The van der Waals surface area contributed by atoms with E-state index in [4.69, 9.17) is 16.3 Å². The van der Waals surface area contributed by atoms with Crippen molar-refractivity contribution in [3.8, 4) is 0 Å². The highest BCUT2D eigenvalue weighted by molar-refractivity contribution is 6.30. The van der Waals surface area contributed by atoms with Gasteiger partial charge in [0.15, 0.2) is 0 Å². The van der Waals surface area contributed by atoms with Gasteiger partial charge in [0.1, 0.15) is 6.04 Å². The third-order valence-electron chi connectivity index (χ3n) is 6.08. The molecule has 1 atom stereocenters. The molecule has 7 nitrogen and oxygen atoms in total. The Balaban J connectivity index is 1.41. The molecule has 2 amide bonds. The molecule has 2 saturated heterocycles. The van der Waals surface area contributed by atoms with E-state index in [1.165, 1.54) is 7.11 Å². The molecule has 2 aromatic rings. The second-order valence-electron chi connectivity index (χ2n) is 8.00. The maximum Gasteiger partial charge on any atom is 0.327 e. The fourth-order valence-electron chi connectivity index (χ4n) is 4.32. The summed E-state index contributed by atoms with van der Waals surface area (Å²) >= 11 is 5.99. The minimum Gasteiger partial charge on any atom is -0.468 e. The van der Waals surface area contributed by atoms with E-state index in [1.807, 2.05) is 29.2 Å². The lowest BCUT2D eigenvalue weighted by Crippen LogP contribution is -2.51. The number of piperazine rings is 1. The molecular formula is C24H26ClN3O4. The van der Waals surface area contributed by atoms with Crippen molar-refractivity contribution < 1.29 is 19.1 Å². The highest BCUT2D eigenvalue weighted by Crippen LogP contribution is 2.26. The molecule has 0 saturated carbocycles. The van der Waals surface area contributed by atoms with Crippen LogP contribution in [0.4, 0.5) is 5.69 Å². The smallest absolute Gasteiger partial charge is 0.327 e. The summed E-state index contributed by atoms with van der Waals surface area (Å²) in [4.78, 5) is 43.0. The maximum absolute atomic E-state index is 13.0. The molecule has 1 unspecified atom stereocenters. The van der Waals surface area contributed by atoms with E-state index >= 15 is 0 Å². The molecule has 0 bridgehead atoms. The van der Waals surface area contributed by atoms with Gasteiger partial charge in [-0.3, -0.25) is 14.5 Å². The Morgan fingerprint density at radius 3 is 2.16 bits per heavy atom. The quantitative estimate of drug-likeness (QED) is 0.648. The Morgan fingerprint density at radius 2 is 1.59 bits per heavy atom. The summed E-state index contributed by atoms with van der Waals surface area (Å²) in [5.74, 6) is -0.259. The summed E-state index contributed by atoms with van der Waals surface area (Å²) in [6, 6.07) is 13.9. The number of halogens is 1. The Kier molecular flexibility index (Phi) is 6.77. The minimum atomic E-state index is -0.535. The predicted molar refractivity (Wildman–Crippen MR) is 122 cm³/mol. The van der Waals surface area contributed by atoms with Gasteiger partial charge in [0.05, 0.1) is 7.11 Å². The number of rotatable bonds is 5. The topological polar surface area (TPSA) is 70.2 Å². The minimum absolute atomic E-state index is 0.0509. The van der Waals surface area contributed by atoms with Crippen LogP contribution in [0.5, 0.6) is 0 Å². The van der Waals surface area contributed by atoms with Crippen molar-refractivity contribution in [1.82, 2.24) is 9.80 Å². The van der Waals surface area contributed by atoms with Crippen LogP contribution in [0.1, 0.15) is 34.8 Å². The Morgan fingerprint density at radius 1 is 0.938 bits per heavy atom. The molecule has 2 heterocycles. The van der Waals surface area contributed by atoms with Crippen molar-refractivity contribution in [2.45, 2.75) is 18.9 Å². The number of amides is 2. The van der Waals surface area contributed by atoms with E-state index in [2.05, 4.69) is 0 Å². The Labute approximate surface area is 192 Å². The van der Waals surface area contributed by atoms with Crippen LogP contribution in [0, 0.1) is 0 Å². The van der Waals surface area contributed by atoms with Gasteiger partial charge in [0.2, 0.25) is 5.91 Å². The SMILES string of the molecule is COC(=O)C(c1ccc(Cl)cc1)N1CCN(C(=O)c2ccc(N3CCCC3=O)cc2)CC1. The van der Waals surface area contributed by atoms with E-state index < -0.39 is 6.04 Å². The summed E-state index contributed by atoms with van der Waals surface area (Å²) in [5, 5.41) is 0.605. The standard InChI is InChI=1S/C24H26ClN3O4/c1-32-24(31)22(17-4-8-19(25)9-5-17)26-13-15-27(16-14-26)23(30)18-6-10-20(11-7-18)28-12-2-3-21(28)29/h4-11,22H,2-3,12-16H2,1H3. The van der Waals surface area contributed by atoms with Crippen molar-refractivity contribution >= 4 is 35.1 Å². The van der Waals surface area contributed by atoms with Gasteiger partial charge in [-0.2, -0.15) is 0 Å². The summed E-state index contributed by atoms with van der Waals surface area (Å²) in [6.07, 6.45) is 1.44. The fourth-order valence-corrected chi connectivity index (χ4v) is 4.45. The van der Waals surface area contributed by atoms with Gasteiger partial charge < -0.3 is 14.5 Å². The summed E-state index contributed by atoms with van der Waals surface area (Å²) in [5.41, 5.74) is 2.24. The first-order valence-electron chi connectivity index (χ1n) is 10.7. The molecule has 2 aromatic carbocycles. The van der Waals surface area contributed by atoms with Crippen LogP contribution < -0.4 is 4.90 Å². The first-order chi connectivity index (χ1) is 15.5. The van der Waals surface area contributed by atoms with Gasteiger partial charge in [-0.05, 0) is 48.4 Å². The predicted octanol–water partition coefficient (Wildman–Crippen LogP) is 3.14. The summed E-state index contributed by atoms with van der Waals surface area (Å²) in [6.45, 7) is 2.84. The molecule has 2 aliphatic rings. The molecule has 2 aliphatic heterocycles. The van der Waals surface area contributed by atoms with Gasteiger partial charge in [-0.1, -0.05) is 23.7 Å². The lowest BCUT2D eigenvalue weighted by Gasteiger charge is -2.38. The van der Waals surface area contributed by atoms with E-state index in [0.717, 1.165) is 24.2 Å². The molecule has 0 aliphatic carbocycles. The van der Waals surface area contributed by atoms with Crippen molar-refractivity contribution in [2.75, 3.05) is 44.7 Å². The zero-order valence-electron chi connectivity index (χ0n) is 18.0. The first-order valence-corrected chi connectivity index (χ1v) is 11.1. The molecule has 2 fully saturated rings. The van der Waals surface area contributed by atoms with Crippen LogP contribution in [0.15, 0.2) is 48.5 Å². The fraction of sp³-hybridized carbons (Fsp3) is 0.375. The lowest BCUT2D eigenvalue weighted by atomic mass is 10.0. The summed E-state index contributed by atoms with van der Waals surface area (Å²) < 4.78 is 5.03. The molecule has 8 heteroatoms. The monoisotopic (exact) mass is 455 g/mol. The number of esters is 1. The number of ether oxygens (including phenoxy) is 1. The molecule has 4 rings (SSSR count). The lowest BCUT2D eigenvalue weighted by molar-refractivity contribution is -0.148. The van der Waals surface area contributed by atoms with Crippen molar-refractivity contribution in [3.63, 3.8) is 0 Å². The third kappa shape index (κ3) is 4.64. The van der Waals surface area contributed by atoms with Crippen molar-refractivity contribution in [1.29, 1.82) is 0 Å². The second kappa shape index (κ2) is 9.71. The van der Waals surface area contributed by atoms with E-state index in [0.29, 0.717) is 43.2 Å². The van der Waals surface area contributed by atoms with Crippen LogP contribution >= 0.6 is 11.6 Å². The molecule has 168 valence electrons. The van der Waals surface area contributed by atoms with Crippen molar-refractivity contribution in [3.05, 3.63) is 64.7 Å². The van der Waals surface area contributed by atoms with Gasteiger partial charge in [-0.15, -0.1) is 0 Å². The highest BCUT2D eigenvalue weighted by atomic mass is 35.5. The summed E-state index contributed by atoms with van der Waals surface area (Å²) in [7, 11) is 1.38. The molecule has 0 N–H and O–H groups in total. The zero-order valence-corrected chi connectivity index (χ0v) is 18.8. The molecule has 32 heavy (non-hydrogen) atoms. The third-order valence-corrected chi connectivity index (χ3v) is 6.33. The van der Waals surface area contributed by atoms with Crippen LogP contribution in [0.2, 0.25) is 5.02 Å². The maximum atomic E-state index is 13.0. The Hall–Kier alpha value is -2.90. The van der Waals surface area contributed by atoms with Crippen LogP contribution in [-0.4, -0.2) is 67.4 Å². The van der Waals surface area contributed by atoms with Gasteiger partial charge in [0.25, 0.3) is 5.91 Å². The van der Waals surface area contributed by atoms with Crippen LogP contribution in [0.25, 0.3) is 0 Å². The highest BCUT2D eigenvalue weighted by Gasteiger charge is 2.32. The average molecular weight is 456 g/mol. The molecular weight excluding hydrogens is 430 g/mol. The van der Waals surface area contributed by atoms with E-state index in [-0.39, 0.29) is 17.8 Å². The number of carbonyl (C=O) groups excluding carboxylic acids is 3. The molecule has 0 aromatic heterocycles. The average Bonchev–Trinajstić information content (AvgIpc) is 3.26. The Bertz CT molecular complexity index is 985. The largest absolute Gasteiger partial charge is 0.468 e. The van der Waals surface area contributed by atoms with E-state index in [1.54, 1.807) is 34.1 Å². The number of methoxy groups -OCH3 is 1. The number of benzene rings is 2. The van der Waals surface area contributed by atoms with Gasteiger partial charge in [-0.25, -0.2) is 4.79 Å². The van der Waals surface area contributed by atoms with Gasteiger partial charge >= 0.3 is 5.97 Å². The van der Waals surface area contributed by atoms with Crippen LogP contribution in [-0.2, 0) is 14.3 Å². The number of carbonyl (C=O) groups is 3. The first kappa shape index (κ1) is 22.3. The molecule has 0 spiro atoms. The van der Waals surface area contributed by atoms with Gasteiger partial charge in [0, 0.05) is 55.4 Å². The number of nitrogens with zero attached hydrogens (tertiary/aromatic N) is 3. The number of hydrogen-bond donors (Lipinski definition) is 0. The normalized spacial score (nSPS) is 18.0. The number of hydrogen-bond acceptors (Lipinski definition) is 5. The van der Waals surface area contributed by atoms with Crippen LogP contribution in [0.3, 0.4) is 0 Å². The van der Waals surface area contributed by atoms with E-state index in [9.17, 15) is 14.4 Å². The number of anilines is 1. The molecule has 0 radical (unpaired) electrons. The van der Waals surface area contributed by atoms with Crippen molar-refractivity contribution in [2.24, 2.45) is 0 Å². The second-order valence-corrected chi connectivity index (χ2v) is 8.44.